The van der Waals surface area contributed by atoms with Crippen molar-refractivity contribution in [2.24, 2.45) is 0 Å². The normalized spacial score (nSPS) is 11.0. The van der Waals surface area contributed by atoms with Crippen LogP contribution < -0.4 is 9.50 Å². The third kappa shape index (κ3) is 4.48. The van der Waals surface area contributed by atoms with Crippen LogP contribution in [0.2, 0.25) is 0 Å². The Morgan fingerprint density at radius 1 is 1.08 bits per heavy atom. The Morgan fingerprint density at radius 3 is 2.50 bits per heavy atom. The molecule has 1 amide bonds. The highest BCUT2D eigenvalue weighted by Gasteiger charge is 2.17. The van der Waals surface area contributed by atoms with Gasteiger partial charge in [-0.2, -0.15) is 8.42 Å². The molecule has 128 valence electrons. The quantitative estimate of drug-likeness (QED) is 0.834. The fourth-order valence-electron chi connectivity index (χ4n) is 1.95. The molecule has 0 aromatic heterocycles. The number of ether oxygens (including phenoxy) is 1. The minimum atomic E-state index is -3.95. The number of amides is 1. The number of anilines is 1. The Bertz CT molecular complexity index is 846. The zero-order valence-corrected chi connectivity index (χ0v) is 14.5. The zero-order valence-electron chi connectivity index (χ0n) is 13.7. The van der Waals surface area contributed by atoms with Crippen LogP contribution in [0.3, 0.4) is 0 Å². The molecule has 0 aliphatic heterocycles. The van der Waals surface area contributed by atoms with Crippen LogP contribution in [-0.4, -0.2) is 21.1 Å². The second-order valence-corrected chi connectivity index (χ2v) is 6.70. The first-order valence-corrected chi connectivity index (χ1v) is 8.78. The number of hydrogen-bond acceptors (Lipinski definition) is 5. The first kappa shape index (κ1) is 17.8. The smallest absolute Gasteiger partial charge is 0.411 e. The molecule has 2 aromatic carbocycles. The molecule has 0 atom stereocenters. The monoisotopic (exact) mass is 349 g/mol. The maximum atomic E-state index is 12.4. The summed E-state index contributed by atoms with van der Waals surface area (Å²) < 4.78 is 34.6. The van der Waals surface area contributed by atoms with Crippen LogP contribution in [0, 0.1) is 13.8 Å². The molecule has 7 heteroatoms. The topological polar surface area (TPSA) is 81.7 Å². The third-order valence-corrected chi connectivity index (χ3v) is 4.57. The van der Waals surface area contributed by atoms with Crippen LogP contribution in [0.4, 0.5) is 10.5 Å². The van der Waals surface area contributed by atoms with Crippen LogP contribution in [0.1, 0.15) is 18.1 Å². The number of benzene rings is 2. The molecule has 2 rings (SSSR count). The number of carbonyl (C=O) groups is 1. The van der Waals surface area contributed by atoms with E-state index >= 15 is 0 Å². The molecule has 0 heterocycles. The van der Waals surface area contributed by atoms with Crippen LogP contribution >= 0.6 is 0 Å². The van der Waals surface area contributed by atoms with Gasteiger partial charge in [0.05, 0.1) is 6.61 Å². The summed E-state index contributed by atoms with van der Waals surface area (Å²) in [5, 5.41) is 2.49. The first-order chi connectivity index (χ1) is 11.3. The molecule has 0 aliphatic rings. The van der Waals surface area contributed by atoms with E-state index in [1.165, 1.54) is 18.2 Å². The Balaban J connectivity index is 2.20. The Labute approximate surface area is 141 Å². The van der Waals surface area contributed by atoms with E-state index in [0.29, 0.717) is 5.69 Å². The second kappa shape index (κ2) is 7.35. The summed E-state index contributed by atoms with van der Waals surface area (Å²) in [6, 6.07) is 10.9. The van der Waals surface area contributed by atoms with Crippen molar-refractivity contribution >= 4 is 21.9 Å². The van der Waals surface area contributed by atoms with Gasteiger partial charge in [-0.15, -0.1) is 0 Å². The van der Waals surface area contributed by atoms with Crippen molar-refractivity contribution in [2.75, 3.05) is 11.9 Å². The molecule has 1 N–H and O–H groups in total. The van der Waals surface area contributed by atoms with Crippen LogP contribution in [0.15, 0.2) is 47.4 Å². The summed E-state index contributed by atoms with van der Waals surface area (Å²) in [6.07, 6.45) is -0.619. The van der Waals surface area contributed by atoms with Gasteiger partial charge in [-0.1, -0.05) is 12.1 Å². The van der Waals surface area contributed by atoms with Gasteiger partial charge in [0, 0.05) is 11.8 Å². The average molecular weight is 349 g/mol. The van der Waals surface area contributed by atoms with Gasteiger partial charge in [-0.3, -0.25) is 5.32 Å². The fourth-order valence-corrected chi connectivity index (χ4v) is 2.96. The zero-order chi connectivity index (χ0) is 17.7. The van der Waals surface area contributed by atoms with Crippen molar-refractivity contribution < 1.29 is 22.1 Å². The highest BCUT2D eigenvalue weighted by atomic mass is 32.2. The molecule has 6 nitrogen and oxygen atoms in total. The lowest BCUT2D eigenvalue weighted by Gasteiger charge is -2.10. The molecular weight excluding hydrogens is 330 g/mol. The minimum Gasteiger partial charge on any atom is -0.450 e. The van der Waals surface area contributed by atoms with Gasteiger partial charge in [0.2, 0.25) is 0 Å². The van der Waals surface area contributed by atoms with Gasteiger partial charge >= 0.3 is 16.2 Å². The molecule has 0 aliphatic carbocycles. The number of nitrogens with one attached hydrogen (secondary N) is 1. The van der Waals surface area contributed by atoms with E-state index in [4.69, 9.17) is 8.92 Å². The van der Waals surface area contributed by atoms with E-state index in [0.717, 1.165) is 11.1 Å². The van der Waals surface area contributed by atoms with Crippen LogP contribution in [-0.2, 0) is 14.9 Å². The van der Waals surface area contributed by atoms with Crippen LogP contribution in [0.5, 0.6) is 5.75 Å². The van der Waals surface area contributed by atoms with E-state index in [-0.39, 0.29) is 17.3 Å². The third-order valence-electron chi connectivity index (χ3n) is 3.33. The van der Waals surface area contributed by atoms with Gasteiger partial charge in [-0.05, 0) is 56.2 Å². The fraction of sp³-hybridized carbons (Fsp3) is 0.235. The van der Waals surface area contributed by atoms with Crippen molar-refractivity contribution in [2.45, 2.75) is 25.7 Å². The van der Waals surface area contributed by atoms with E-state index in [1.54, 1.807) is 31.2 Å². The summed E-state index contributed by atoms with van der Waals surface area (Å²) >= 11 is 0. The van der Waals surface area contributed by atoms with E-state index < -0.39 is 16.2 Å². The Hall–Kier alpha value is -2.54. The Morgan fingerprint density at radius 2 is 1.83 bits per heavy atom. The standard InChI is InChI=1S/C17H19NO5S/c1-4-22-17(19)18-14-6-5-7-15(11-14)23-24(20,21)16-9-8-12(2)13(3)10-16/h5-11H,4H2,1-3H3,(H,18,19). The number of carbonyl (C=O) groups excluding carboxylic acids is 1. The molecule has 24 heavy (non-hydrogen) atoms. The largest absolute Gasteiger partial charge is 0.450 e. The van der Waals surface area contributed by atoms with E-state index in [1.807, 2.05) is 13.8 Å². The van der Waals surface area contributed by atoms with Crippen molar-refractivity contribution in [3.8, 4) is 5.75 Å². The molecule has 0 bridgehead atoms. The number of aryl methyl sites for hydroxylation is 2. The Kier molecular flexibility index (Phi) is 5.46. The summed E-state index contributed by atoms with van der Waals surface area (Å²) in [6.45, 7) is 5.66. The molecule has 0 saturated carbocycles. The van der Waals surface area contributed by atoms with Crippen LogP contribution in [0.25, 0.3) is 0 Å². The van der Waals surface area contributed by atoms with Gasteiger partial charge in [0.15, 0.2) is 0 Å². The first-order valence-electron chi connectivity index (χ1n) is 7.37. The summed E-state index contributed by atoms with van der Waals surface area (Å²) in [5.74, 6) is 0.0996. The van der Waals surface area contributed by atoms with Crippen molar-refractivity contribution in [1.29, 1.82) is 0 Å². The summed E-state index contributed by atoms with van der Waals surface area (Å²) in [7, 11) is -3.95. The highest BCUT2D eigenvalue weighted by Crippen LogP contribution is 2.23. The SMILES string of the molecule is CCOC(=O)Nc1cccc(OS(=O)(=O)c2ccc(C)c(C)c2)c1. The number of hydrogen-bond donors (Lipinski definition) is 1. The van der Waals surface area contributed by atoms with Gasteiger partial charge in [0.25, 0.3) is 0 Å². The molecule has 0 unspecified atom stereocenters. The molecule has 0 saturated heterocycles. The van der Waals surface area contributed by atoms with Crippen molar-refractivity contribution in [3.63, 3.8) is 0 Å². The lowest BCUT2D eigenvalue weighted by Crippen LogP contribution is -2.14. The molecule has 2 aromatic rings. The maximum absolute atomic E-state index is 12.4. The highest BCUT2D eigenvalue weighted by molar-refractivity contribution is 7.87. The van der Waals surface area contributed by atoms with Crippen molar-refractivity contribution in [3.05, 3.63) is 53.6 Å². The van der Waals surface area contributed by atoms with Gasteiger partial charge in [0.1, 0.15) is 10.6 Å². The molecular formula is C17H19NO5S. The molecule has 0 radical (unpaired) electrons. The predicted molar refractivity (Wildman–Crippen MR) is 90.8 cm³/mol. The summed E-state index contributed by atoms with van der Waals surface area (Å²) in [4.78, 5) is 11.5. The van der Waals surface area contributed by atoms with Gasteiger partial charge < -0.3 is 8.92 Å². The molecule has 0 fully saturated rings. The maximum Gasteiger partial charge on any atom is 0.411 e. The second-order valence-electron chi connectivity index (χ2n) is 5.16. The van der Waals surface area contributed by atoms with Gasteiger partial charge in [-0.25, -0.2) is 4.79 Å². The minimum absolute atomic E-state index is 0.0781. The van der Waals surface area contributed by atoms with E-state index in [2.05, 4.69) is 5.32 Å². The summed E-state index contributed by atoms with van der Waals surface area (Å²) in [5.41, 5.74) is 2.23. The van der Waals surface area contributed by atoms with E-state index in [9.17, 15) is 13.2 Å². The predicted octanol–water partition coefficient (Wildman–Crippen LogP) is 3.64. The molecule has 0 spiro atoms. The lowest BCUT2D eigenvalue weighted by atomic mass is 10.1. The average Bonchev–Trinajstić information content (AvgIpc) is 2.50. The lowest BCUT2D eigenvalue weighted by molar-refractivity contribution is 0.168. The number of rotatable bonds is 5. The van der Waals surface area contributed by atoms with Crippen molar-refractivity contribution in [1.82, 2.24) is 0 Å².